The van der Waals surface area contributed by atoms with Gasteiger partial charge in [0.2, 0.25) is 0 Å². The highest BCUT2D eigenvalue weighted by Gasteiger charge is 2.17. The highest BCUT2D eigenvalue weighted by molar-refractivity contribution is 7.98. The second-order valence-corrected chi connectivity index (χ2v) is 9.88. The first kappa shape index (κ1) is 22.6. The molecule has 0 saturated heterocycles. The van der Waals surface area contributed by atoms with Crippen molar-refractivity contribution in [2.75, 3.05) is 0 Å². The van der Waals surface area contributed by atoms with Crippen LogP contribution in [0.15, 0.2) is 71.6 Å². The number of carbonyl (C=O) groups excluding carboxylic acids is 2. The first-order chi connectivity index (χ1) is 16.6. The normalized spacial score (nSPS) is 12.9. The number of carbonyl (C=O) groups is 2. The predicted octanol–water partition coefficient (Wildman–Crippen LogP) is 6.07. The number of hydrazine groups is 1. The standard InChI is InChI=1S/C27H24ClN3O2S/c28-20-10-12-21(13-11-20)34-16-17-5-7-18(8-6-17)26(32)30-31-27(33)19-9-14-25-23(15-19)22-3-1-2-4-24(22)29-25/h5-15,29H,1-4,16H2,(H,30,32)(H,31,33). The molecule has 0 bridgehead atoms. The smallest absolute Gasteiger partial charge is 0.269 e. The summed E-state index contributed by atoms with van der Waals surface area (Å²) < 4.78 is 0. The van der Waals surface area contributed by atoms with E-state index in [4.69, 9.17) is 11.6 Å². The number of amides is 2. The number of H-pyrrole nitrogens is 1. The van der Waals surface area contributed by atoms with Gasteiger partial charge in [-0.05, 0) is 91.4 Å². The van der Waals surface area contributed by atoms with Crippen LogP contribution >= 0.6 is 23.4 Å². The molecule has 1 aliphatic carbocycles. The van der Waals surface area contributed by atoms with Crippen molar-refractivity contribution in [2.24, 2.45) is 0 Å². The van der Waals surface area contributed by atoms with Crippen LogP contribution in [0.3, 0.4) is 0 Å². The highest BCUT2D eigenvalue weighted by Crippen LogP contribution is 2.29. The minimum absolute atomic E-state index is 0.336. The van der Waals surface area contributed by atoms with Gasteiger partial charge in [-0.15, -0.1) is 11.8 Å². The van der Waals surface area contributed by atoms with Crippen molar-refractivity contribution >= 4 is 46.1 Å². The van der Waals surface area contributed by atoms with Gasteiger partial charge in [0.25, 0.3) is 11.8 Å². The summed E-state index contributed by atoms with van der Waals surface area (Å²) in [5.41, 5.74) is 10.8. The van der Waals surface area contributed by atoms with E-state index in [9.17, 15) is 9.59 Å². The molecule has 0 atom stereocenters. The summed E-state index contributed by atoms with van der Waals surface area (Å²) in [4.78, 5) is 29.8. The first-order valence-electron chi connectivity index (χ1n) is 11.3. The average molecular weight is 490 g/mol. The molecule has 1 aromatic heterocycles. The highest BCUT2D eigenvalue weighted by atomic mass is 35.5. The molecule has 172 valence electrons. The number of hydrogen-bond donors (Lipinski definition) is 3. The fraction of sp³-hybridized carbons (Fsp3) is 0.185. The molecule has 3 aromatic carbocycles. The number of hydrogen-bond acceptors (Lipinski definition) is 3. The molecule has 2 amide bonds. The monoisotopic (exact) mass is 489 g/mol. The molecule has 7 heteroatoms. The number of aromatic nitrogens is 1. The topological polar surface area (TPSA) is 74.0 Å². The molecule has 3 N–H and O–H groups in total. The molecule has 0 fully saturated rings. The zero-order chi connectivity index (χ0) is 23.5. The summed E-state index contributed by atoms with van der Waals surface area (Å²) in [5, 5.41) is 1.82. The van der Waals surface area contributed by atoms with Gasteiger partial charge >= 0.3 is 0 Å². The van der Waals surface area contributed by atoms with E-state index >= 15 is 0 Å². The van der Waals surface area contributed by atoms with Crippen molar-refractivity contribution in [3.05, 3.63) is 99.7 Å². The molecule has 4 aromatic rings. The minimum Gasteiger partial charge on any atom is -0.358 e. The molecule has 5 nitrogen and oxygen atoms in total. The molecule has 0 saturated carbocycles. The zero-order valence-electron chi connectivity index (χ0n) is 18.5. The van der Waals surface area contributed by atoms with Crippen molar-refractivity contribution in [1.29, 1.82) is 0 Å². The molecular formula is C27H24ClN3O2S. The Hall–Kier alpha value is -3.22. The first-order valence-corrected chi connectivity index (χ1v) is 12.6. The van der Waals surface area contributed by atoms with Crippen LogP contribution < -0.4 is 10.9 Å². The van der Waals surface area contributed by atoms with E-state index in [1.54, 1.807) is 30.0 Å². The van der Waals surface area contributed by atoms with Crippen LogP contribution in [0.5, 0.6) is 0 Å². The Morgan fingerprint density at radius 2 is 1.53 bits per heavy atom. The van der Waals surface area contributed by atoms with Crippen LogP contribution in [0.4, 0.5) is 0 Å². The van der Waals surface area contributed by atoms with Crippen LogP contribution in [0.2, 0.25) is 5.02 Å². The number of benzene rings is 3. The third kappa shape index (κ3) is 4.98. The van der Waals surface area contributed by atoms with Crippen molar-refractivity contribution in [1.82, 2.24) is 15.8 Å². The molecule has 0 spiro atoms. The number of nitrogens with one attached hydrogen (secondary N) is 3. The van der Waals surface area contributed by atoms with Gasteiger partial charge in [0.15, 0.2) is 0 Å². The number of rotatable bonds is 5. The van der Waals surface area contributed by atoms with Gasteiger partial charge in [0.05, 0.1) is 0 Å². The summed E-state index contributed by atoms with van der Waals surface area (Å²) in [5.74, 6) is 0.0911. The molecule has 5 rings (SSSR count). The number of fused-ring (bicyclic) bond motifs is 3. The largest absolute Gasteiger partial charge is 0.358 e. The summed E-state index contributed by atoms with van der Waals surface area (Å²) in [6.07, 6.45) is 4.46. The van der Waals surface area contributed by atoms with E-state index in [-0.39, 0.29) is 11.8 Å². The lowest BCUT2D eigenvalue weighted by Crippen LogP contribution is -2.41. The second kappa shape index (κ2) is 9.95. The van der Waals surface area contributed by atoms with Gasteiger partial charge in [-0.25, -0.2) is 0 Å². The molecule has 0 aliphatic heterocycles. The van der Waals surface area contributed by atoms with Crippen LogP contribution in [-0.2, 0) is 18.6 Å². The third-order valence-corrected chi connectivity index (χ3v) is 7.42. The van der Waals surface area contributed by atoms with E-state index in [1.165, 1.54) is 24.1 Å². The van der Waals surface area contributed by atoms with Gasteiger partial charge in [-0.2, -0.15) is 0 Å². The maximum atomic E-state index is 12.7. The van der Waals surface area contributed by atoms with E-state index in [2.05, 4.69) is 15.8 Å². The number of aryl methyl sites for hydroxylation is 2. The lowest BCUT2D eigenvalue weighted by Gasteiger charge is -2.11. The maximum absolute atomic E-state index is 12.7. The Balaban J connectivity index is 1.17. The Kier molecular flexibility index (Phi) is 6.61. The third-order valence-electron chi connectivity index (χ3n) is 6.09. The molecule has 1 aliphatic rings. The summed E-state index contributed by atoms with van der Waals surface area (Å²) in [7, 11) is 0. The summed E-state index contributed by atoms with van der Waals surface area (Å²) in [6.45, 7) is 0. The van der Waals surface area contributed by atoms with Gasteiger partial charge in [-0.3, -0.25) is 20.4 Å². The van der Waals surface area contributed by atoms with Crippen molar-refractivity contribution < 1.29 is 9.59 Å². The molecule has 0 unspecified atom stereocenters. The van der Waals surface area contributed by atoms with Gasteiger partial charge in [0, 0.05) is 43.4 Å². The Labute approximate surface area is 207 Å². The lowest BCUT2D eigenvalue weighted by atomic mass is 9.95. The predicted molar refractivity (Wildman–Crippen MR) is 137 cm³/mol. The molecule has 0 radical (unpaired) electrons. The Morgan fingerprint density at radius 3 is 2.29 bits per heavy atom. The van der Waals surface area contributed by atoms with Crippen molar-refractivity contribution in [2.45, 2.75) is 36.3 Å². The number of thioether (sulfide) groups is 1. The van der Waals surface area contributed by atoms with E-state index in [0.717, 1.165) is 45.0 Å². The zero-order valence-corrected chi connectivity index (χ0v) is 20.1. The second-order valence-electron chi connectivity index (χ2n) is 8.40. The minimum atomic E-state index is -0.356. The van der Waals surface area contributed by atoms with E-state index < -0.39 is 0 Å². The molecular weight excluding hydrogens is 466 g/mol. The van der Waals surface area contributed by atoms with Crippen LogP contribution in [0, 0.1) is 0 Å². The average Bonchev–Trinajstić information content (AvgIpc) is 3.25. The Bertz CT molecular complexity index is 1350. The van der Waals surface area contributed by atoms with E-state index in [1.807, 2.05) is 48.5 Å². The summed E-state index contributed by atoms with van der Waals surface area (Å²) in [6, 6.07) is 20.7. The maximum Gasteiger partial charge on any atom is 0.269 e. The lowest BCUT2D eigenvalue weighted by molar-refractivity contribution is 0.0847. The quantitative estimate of drug-likeness (QED) is 0.235. The fourth-order valence-corrected chi connectivity index (χ4v) is 5.24. The van der Waals surface area contributed by atoms with E-state index in [0.29, 0.717) is 11.1 Å². The van der Waals surface area contributed by atoms with Gasteiger partial charge < -0.3 is 4.98 Å². The van der Waals surface area contributed by atoms with Crippen molar-refractivity contribution in [3.63, 3.8) is 0 Å². The van der Waals surface area contributed by atoms with Gasteiger partial charge in [-0.1, -0.05) is 23.7 Å². The number of halogens is 1. The molecule has 1 heterocycles. The molecule has 34 heavy (non-hydrogen) atoms. The van der Waals surface area contributed by atoms with Crippen LogP contribution in [0.1, 0.15) is 50.4 Å². The number of aromatic amines is 1. The summed E-state index contributed by atoms with van der Waals surface area (Å²) >= 11 is 7.62. The Morgan fingerprint density at radius 1 is 0.853 bits per heavy atom. The van der Waals surface area contributed by atoms with Crippen LogP contribution in [-0.4, -0.2) is 16.8 Å². The fourth-order valence-electron chi connectivity index (χ4n) is 4.25. The SMILES string of the molecule is O=C(NNC(=O)c1ccc2[nH]c3c(c2c1)CCCC3)c1ccc(CSc2ccc(Cl)cc2)cc1. The van der Waals surface area contributed by atoms with Gasteiger partial charge in [0.1, 0.15) is 0 Å². The van der Waals surface area contributed by atoms with Crippen molar-refractivity contribution in [3.8, 4) is 0 Å². The van der Waals surface area contributed by atoms with Crippen LogP contribution in [0.25, 0.3) is 10.9 Å².